The number of rotatable bonds is 6. The maximum Gasteiger partial charge on any atom is 0.416 e. The number of amides is 3. The van der Waals surface area contributed by atoms with Crippen LogP contribution in [0.1, 0.15) is 23.6 Å². The van der Waals surface area contributed by atoms with Crippen LogP contribution in [0.4, 0.5) is 18.0 Å². The van der Waals surface area contributed by atoms with Crippen LogP contribution < -0.4 is 5.48 Å². The average molecular weight is 450 g/mol. The molecule has 1 saturated heterocycles. The minimum Gasteiger partial charge on any atom is -0.270 e. The van der Waals surface area contributed by atoms with Crippen molar-refractivity contribution in [2.75, 3.05) is 0 Å². The first-order valence-corrected chi connectivity index (χ1v) is 9.88. The molecule has 2 aromatic carbocycles. The predicted molar refractivity (Wildman–Crippen MR) is 108 cm³/mol. The summed E-state index contributed by atoms with van der Waals surface area (Å²) in [6, 6.07) is 12.1. The number of halogens is 3. The summed E-state index contributed by atoms with van der Waals surface area (Å²) in [5.41, 5.74) is 2.53. The molecule has 1 unspecified atom stereocenters. The highest BCUT2D eigenvalue weighted by atomic mass is 32.2. The lowest BCUT2D eigenvalue weighted by atomic mass is 10.1. The molecule has 3 rings (SSSR count). The highest BCUT2D eigenvalue weighted by molar-refractivity contribution is 8.18. The number of hydrogen-bond donors (Lipinski definition) is 1. The van der Waals surface area contributed by atoms with E-state index in [-0.39, 0.29) is 11.5 Å². The van der Waals surface area contributed by atoms with Crippen molar-refractivity contribution in [2.24, 2.45) is 0 Å². The van der Waals surface area contributed by atoms with E-state index < -0.39 is 34.8 Å². The lowest BCUT2D eigenvalue weighted by Crippen LogP contribution is -2.47. The first-order valence-electron chi connectivity index (χ1n) is 9.06. The Morgan fingerprint density at radius 2 is 1.77 bits per heavy atom. The molecule has 10 heteroatoms. The third kappa shape index (κ3) is 5.53. The van der Waals surface area contributed by atoms with Crippen LogP contribution in [0.5, 0.6) is 0 Å². The Balaban J connectivity index is 1.63. The van der Waals surface area contributed by atoms with Gasteiger partial charge in [0.25, 0.3) is 17.1 Å². The number of thioether (sulfide) groups is 1. The van der Waals surface area contributed by atoms with Crippen molar-refractivity contribution in [2.45, 2.75) is 25.7 Å². The second kappa shape index (κ2) is 9.36. The van der Waals surface area contributed by atoms with Crippen molar-refractivity contribution in [1.29, 1.82) is 0 Å². The van der Waals surface area contributed by atoms with E-state index in [0.717, 1.165) is 22.6 Å². The summed E-state index contributed by atoms with van der Waals surface area (Å²) < 4.78 is 38.0. The predicted octanol–water partition coefficient (Wildman–Crippen LogP) is 4.38. The lowest BCUT2D eigenvalue weighted by molar-refractivity contribution is -0.142. The monoisotopic (exact) mass is 450 g/mol. The number of carbonyl (C=O) groups excluding carboxylic acids is 3. The highest BCUT2D eigenvalue weighted by Gasteiger charge is 2.41. The van der Waals surface area contributed by atoms with E-state index in [1.807, 2.05) is 18.2 Å². The number of imide groups is 1. The van der Waals surface area contributed by atoms with Crippen LogP contribution in [0.25, 0.3) is 6.08 Å². The molecular formula is C21H17F3N2O4S. The van der Waals surface area contributed by atoms with Gasteiger partial charge in [0, 0.05) is 0 Å². The largest absolute Gasteiger partial charge is 0.416 e. The van der Waals surface area contributed by atoms with Crippen molar-refractivity contribution in [3.05, 3.63) is 76.2 Å². The molecule has 162 valence electrons. The molecule has 2 aromatic rings. The second-order valence-electron chi connectivity index (χ2n) is 6.59. The molecule has 0 spiro atoms. The van der Waals surface area contributed by atoms with Crippen LogP contribution >= 0.6 is 11.8 Å². The van der Waals surface area contributed by atoms with Crippen molar-refractivity contribution in [3.8, 4) is 0 Å². The number of nitrogens with zero attached hydrogens (tertiary/aromatic N) is 1. The molecule has 0 aromatic heterocycles. The summed E-state index contributed by atoms with van der Waals surface area (Å²) in [7, 11) is 0. The van der Waals surface area contributed by atoms with Crippen molar-refractivity contribution in [1.82, 2.24) is 10.4 Å². The molecule has 0 bridgehead atoms. The van der Waals surface area contributed by atoms with Crippen molar-refractivity contribution < 1.29 is 32.4 Å². The van der Waals surface area contributed by atoms with Crippen LogP contribution in [-0.4, -0.2) is 28.0 Å². The second-order valence-corrected chi connectivity index (χ2v) is 7.58. The van der Waals surface area contributed by atoms with E-state index in [0.29, 0.717) is 17.3 Å². The molecule has 1 N–H and O–H groups in total. The van der Waals surface area contributed by atoms with Gasteiger partial charge in [-0.2, -0.15) is 13.2 Å². The zero-order valence-electron chi connectivity index (χ0n) is 16.2. The fourth-order valence-electron chi connectivity index (χ4n) is 2.70. The third-order valence-corrected chi connectivity index (χ3v) is 5.26. The first-order chi connectivity index (χ1) is 14.7. The zero-order valence-corrected chi connectivity index (χ0v) is 17.0. The van der Waals surface area contributed by atoms with Crippen LogP contribution in [0.2, 0.25) is 0 Å². The Morgan fingerprint density at radius 3 is 2.39 bits per heavy atom. The molecule has 3 amide bonds. The molecule has 6 nitrogen and oxygen atoms in total. The van der Waals surface area contributed by atoms with E-state index in [2.05, 4.69) is 5.48 Å². The van der Waals surface area contributed by atoms with Gasteiger partial charge in [-0.15, -0.1) is 0 Å². The Labute approximate surface area is 180 Å². The molecule has 1 fully saturated rings. The Morgan fingerprint density at radius 1 is 1.13 bits per heavy atom. The summed E-state index contributed by atoms with van der Waals surface area (Å²) in [6.07, 6.45) is -3.16. The summed E-state index contributed by atoms with van der Waals surface area (Å²) in [5.74, 6) is -1.39. The van der Waals surface area contributed by atoms with Gasteiger partial charge in [-0.1, -0.05) is 42.5 Å². The maximum absolute atomic E-state index is 12.7. The normalized spacial score (nSPS) is 16.6. The van der Waals surface area contributed by atoms with E-state index in [4.69, 9.17) is 4.84 Å². The van der Waals surface area contributed by atoms with Crippen LogP contribution in [0.15, 0.2) is 59.5 Å². The van der Waals surface area contributed by atoms with Gasteiger partial charge in [0.1, 0.15) is 6.04 Å². The summed E-state index contributed by atoms with van der Waals surface area (Å²) >= 11 is 0.608. The zero-order chi connectivity index (χ0) is 22.6. The van der Waals surface area contributed by atoms with Crippen LogP contribution in [-0.2, 0) is 27.2 Å². The molecule has 1 atom stereocenters. The van der Waals surface area contributed by atoms with Crippen LogP contribution in [0.3, 0.4) is 0 Å². The smallest absolute Gasteiger partial charge is 0.270 e. The van der Waals surface area contributed by atoms with Gasteiger partial charge in [0.2, 0.25) is 0 Å². The van der Waals surface area contributed by atoms with Gasteiger partial charge in [-0.3, -0.25) is 24.1 Å². The lowest BCUT2D eigenvalue weighted by Gasteiger charge is -2.20. The quantitative estimate of drug-likeness (QED) is 0.522. The molecule has 1 aliphatic rings. The van der Waals surface area contributed by atoms with Crippen molar-refractivity contribution >= 4 is 34.9 Å². The van der Waals surface area contributed by atoms with E-state index in [1.165, 1.54) is 25.1 Å². The third-order valence-electron chi connectivity index (χ3n) is 4.38. The molecule has 1 heterocycles. The van der Waals surface area contributed by atoms with E-state index >= 15 is 0 Å². The molecular weight excluding hydrogens is 433 g/mol. The molecule has 0 radical (unpaired) electrons. The number of carbonyl (C=O) groups is 3. The first kappa shape index (κ1) is 22.6. The molecule has 1 aliphatic heterocycles. The number of alkyl halides is 3. The van der Waals surface area contributed by atoms with Gasteiger partial charge >= 0.3 is 6.18 Å². The van der Waals surface area contributed by atoms with Crippen molar-refractivity contribution in [3.63, 3.8) is 0 Å². The van der Waals surface area contributed by atoms with Gasteiger partial charge in [0.15, 0.2) is 0 Å². The fraction of sp³-hybridized carbons (Fsp3) is 0.190. The molecule has 31 heavy (non-hydrogen) atoms. The standard InChI is InChI=1S/C21H17F3N2O4S/c1-13(18(27)25-30-12-15-5-3-2-4-6-15)26-19(28)17(31-20(26)29)11-14-7-9-16(10-8-14)21(22,23)24/h2-11,13H,12H2,1H3,(H,25,27)/b17-11-. The van der Waals surface area contributed by atoms with Gasteiger partial charge in [-0.05, 0) is 48.0 Å². The summed E-state index contributed by atoms with van der Waals surface area (Å²) in [6.45, 7) is 1.48. The topological polar surface area (TPSA) is 75.7 Å². The maximum atomic E-state index is 12.7. The average Bonchev–Trinajstić information content (AvgIpc) is 3.01. The fourth-order valence-corrected chi connectivity index (χ4v) is 3.61. The summed E-state index contributed by atoms with van der Waals surface area (Å²) in [5, 5.41) is -0.658. The Bertz CT molecular complexity index is 1010. The van der Waals surface area contributed by atoms with Crippen LogP contribution in [0, 0.1) is 0 Å². The van der Waals surface area contributed by atoms with Gasteiger partial charge < -0.3 is 0 Å². The Kier molecular flexibility index (Phi) is 6.81. The molecule has 0 saturated carbocycles. The minimum absolute atomic E-state index is 0.00890. The van der Waals surface area contributed by atoms with Gasteiger partial charge in [0.05, 0.1) is 17.1 Å². The van der Waals surface area contributed by atoms with E-state index in [1.54, 1.807) is 12.1 Å². The SMILES string of the molecule is CC(C(=O)NOCc1ccccc1)N1C(=O)S/C(=C\c2ccc(C(F)(F)F)cc2)C1=O. The highest BCUT2D eigenvalue weighted by Crippen LogP contribution is 2.34. The Hall–Kier alpha value is -3.11. The number of nitrogens with one attached hydrogen (secondary N) is 1. The minimum atomic E-state index is -4.47. The summed E-state index contributed by atoms with van der Waals surface area (Å²) in [4.78, 5) is 43.1. The molecule has 0 aliphatic carbocycles. The number of hydroxylamine groups is 1. The van der Waals surface area contributed by atoms with E-state index in [9.17, 15) is 27.6 Å². The number of benzene rings is 2. The number of hydrogen-bond acceptors (Lipinski definition) is 5. The van der Waals surface area contributed by atoms with Gasteiger partial charge in [-0.25, -0.2) is 5.48 Å².